The Labute approximate surface area is 248 Å². The van der Waals surface area contributed by atoms with Crippen molar-refractivity contribution in [2.75, 3.05) is 32.1 Å². The molecule has 0 spiro atoms. The number of carbonyl (C=O) groups is 1. The number of hydrogen-bond donors (Lipinski definition) is 1. The van der Waals surface area contributed by atoms with Crippen LogP contribution < -0.4 is 10.1 Å². The molecule has 0 saturated carbocycles. The summed E-state index contributed by atoms with van der Waals surface area (Å²) in [5.41, 5.74) is 2.52. The van der Waals surface area contributed by atoms with E-state index >= 15 is 0 Å². The molecule has 0 unspecified atom stereocenters. The molecule has 4 heterocycles. The minimum Gasteiger partial charge on any atom is -0.469 e. The highest BCUT2D eigenvalue weighted by molar-refractivity contribution is 6.35. The van der Waals surface area contributed by atoms with Gasteiger partial charge in [-0.2, -0.15) is 0 Å². The summed E-state index contributed by atoms with van der Waals surface area (Å²) in [7, 11) is 1.44. The fourth-order valence-corrected chi connectivity index (χ4v) is 5.30. The molecule has 4 aromatic rings. The van der Waals surface area contributed by atoms with E-state index in [0.717, 1.165) is 43.6 Å². The molecular formula is C29H31Cl2N7O3. The second kappa shape index (κ2) is 13.8. The molecule has 3 aromatic heterocycles. The van der Waals surface area contributed by atoms with Gasteiger partial charge in [0.2, 0.25) is 11.8 Å². The summed E-state index contributed by atoms with van der Waals surface area (Å²) in [6.45, 7) is 3.90. The van der Waals surface area contributed by atoms with Crippen LogP contribution in [-0.2, 0) is 22.6 Å². The van der Waals surface area contributed by atoms with Gasteiger partial charge in [0.25, 0.3) is 0 Å². The van der Waals surface area contributed by atoms with Crippen molar-refractivity contribution < 1.29 is 14.3 Å². The number of pyridine rings is 1. The lowest BCUT2D eigenvalue weighted by Crippen LogP contribution is -2.34. The average molecular weight is 597 g/mol. The summed E-state index contributed by atoms with van der Waals surface area (Å²) in [5.74, 6) is 1.59. The van der Waals surface area contributed by atoms with Crippen LogP contribution in [0, 0.1) is 5.92 Å². The van der Waals surface area contributed by atoms with Crippen molar-refractivity contribution >= 4 is 35.1 Å². The zero-order chi connectivity index (χ0) is 28.6. The fraction of sp³-hybridized carbons (Fsp3) is 0.345. The smallest absolute Gasteiger partial charge is 0.305 e. The Bertz CT molecular complexity index is 1420. The first-order chi connectivity index (χ1) is 19.9. The fourth-order valence-electron chi connectivity index (χ4n) is 4.77. The maximum Gasteiger partial charge on any atom is 0.305 e. The number of aromatic nitrogens is 5. The highest BCUT2D eigenvalue weighted by Gasteiger charge is 2.22. The first-order valence-corrected chi connectivity index (χ1v) is 14.2. The number of ether oxygens (including phenoxy) is 2. The number of methoxy groups -OCH3 is 1. The van der Waals surface area contributed by atoms with Gasteiger partial charge in [0, 0.05) is 60.1 Å². The lowest BCUT2D eigenvalue weighted by Gasteiger charge is -2.31. The summed E-state index contributed by atoms with van der Waals surface area (Å²) in [6.07, 6.45) is 11.0. The third-order valence-electron chi connectivity index (χ3n) is 6.88. The Balaban J connectivity index is 1.29. The minimum atomic E-state index is -0.147. The standard InChI is InChI=1S/C29H31Cl2N7O3/c1-40-28(39)12-20-2-6-37(7-3-20)18-21-10-26(22-13-23(30)15-24(31)14-22)36-27(11-21)41-25-16-34-29(35-17-25)33-5-9-38-8-4-32-19-38/h4,8,10-11,13-17,19-20H,2-3,5-7,9,12,18H2,1H3,(H,33,34,35). The zero-order valence-electron chi connectivity index (χ0n) is 22.7. The molecule has 0 radical (unpaired) electrons. The second-order valence-electron chi connectivity index (χ2n) is 9.93. The molecule has 1 fully saturated rings. The van der Waals surface area contributed by atoms with Crippen LogP contribution in [0.15, 0.2) is 61.4 Å². The van der Waals surface area contributed by atoms with Crippen molar-refractivity contribution in [1.29, 1.82) is 0 Å². The Morgan fingerprint density at radius 3 is 2.51 bits per heavy atom. The topological polar surface area (TPSA) is 107 Å². The normalized spacial score (nSPS) is 14.1. The molecule has 1 aromatic carbocycles. The van der Waals surface area contributed by atoms with E-state index in [1.807, 2.05) is 35.0 Å². The predicted octanol–water partition coefficient (Wildman–Crippen LogP) is 5.72. The number of hydrogen-bond acceptors (Lipinski definition) is 9. The van der Waals surface area contributed by atoms with Gasteiger partial charge in [0.1, 0.15) is 0 Å². The van der Waals surface area contributed by atoms with E-state index in [-0.39, 0.29) is 5.97 Å². The summed E-state index contributed by atoms with van der Waals surface area (Å²) in [4.78, 5) is 31.6. The van der Waals surface area contributed by atoms with Crippen LogP contribution in [-0.4, -0.2) is 62.1 Å². The molecule has 5 rings (SSSR count). The summed E-state index contributed by atoms with van der Waals surface area (Å²) in [6, 6.07) is 9.30. The number of esters is 1. The molecule has 214 valence electrons. The van der Waals surface area contributed by atoms with Crippen LogP contribution in [0.3, 0.4) is 0 Å². The van der Waals surface area contributed by atoms with Crippen molar-refractivity contribution in [3.63, 3.8) is 0 Å². The van der Waals surface area contributed by atoms with E-state index in [4.69, 9.17) is 37.7 Å². The van der Waals surface area contributed by atoms with Crippen LogP contribution in [0.1, 0.15) is 24.8 Å². The molecule has 0 atom stereocenters. The number of anilines is 1. The lowest BCUT2D eigenvalue weighted by molar-refractivity contribution is -0.142. The number of rotatable bonds is 11. The Kier molecular flexibility index (Phi) is 9.66. The van der Waals surface area contributed by atoms with Crippen LogP contribution in [0.2, 0.25) is 10.0 Å². The SMILES string of the molecule is COC(=O)CC1CCN(Cc2cc(Oc3cnc(NCCn4ccnc4)nc3)nc(-c3cc(Cl)cc(Cl)c3)c2)CC1. The lowest BCUT2D eigenvalue weighted by atomic mass is 9.93. The molecule has 41 heavy (non-hydrogen) atoms. The van der Waals surface area contributed by atoms with E-state index in [1.54, 1.807) is 31.0 Å². The molecule has 1 saturated heterocycles. The van der Waals surface area contributed by atoms with Gasteiger partial charge in [-0.3, -0.25) is 9.69 Å². The number of likely N-dealkylation sites (tertiary alicyclic amines) is 1. The highest BCUT2D eigenvalue weighted by Crippen LogP contribution is 2.31. The van der Waals surface area contributed by atoms with Crippen molar-refractivity contribution in [3.05, 3.63) is 77.1 Å². The molecule has 1 N–H and O–H groups in total. The third-order valence-corrected chi connectivity index (χ3v) is 7.32. The monoisotopic (exact) mass is 595 g/mol. The van der Waals surface area contributed by atoms with E-state index < -0.39 is 0 Å². The van der Waals surface area contributed by atoms with Gasteiger partial charge in [-0.1, -0.05) is 23.2 Å². The molecule has 1 aliphatic heterocycles. The average Bonchev–Trinajstić information content (AvgIpc) is 3.48. The molecule has 12 heteroatoms. The minimum absolute atomic E-state index is 0.147. The van der Waals surface area contributed by atoms with E-state index in [1.165, 1.54) is 7.11 Å². The van der Waals surface area contributed by atoms with E-state index in [0.29, 0.717) is 58.7 Å². The van der Waals surface area contributed by atoms with Crippen LogP contribution in [0.5, 0.6) is 11.6 Å². The zero-order valence-corrected chi connectivity index (χ0v) is 24.2. The molecule has 0 amide bonds. The first-order valence-electron chi connectivity index (χ1n) is 13.4. The number of halogens is 2. The number of imidazole rings is 1. The summed E-state index contributed by atoms with van der Waals surface area (Å²) >= 11 is 12.6. The summed E-state index contributed by atoms with van der Waals surface area (Å²) in [5, 5.41) is 4.24. The van der Waals surface area contributed by atoms with Crippen molar-refractivity contribution in [2.24, 2.45) is 5.92 Å². The second-order valence-corrected chi connectivity index (χ2v) is 10.8. The third kappa shape index (κ3) is 8.39. The number of nitrogens with zero attached hydrogens (tertiary/aromatic N) is 6. The van der Waals surface area contributed by atoms with Gasteiger partial charge in [-0.05, 0) is 61.7 Å². The number of benzene rings is 1. The van der Waals surface area contributed by atoms with Gasteiger partial charge in [-0.15, -0.1) is 0 Å². The maximum absolute atomic E-state index is 11.7. The molecule has 0 aliphatic carbocycles. The number of nitrogens with one attached hydrogen (secondary N) is 1. The van der Waals surface area contributed by atoms with E-state index in [2.05, 4.69) is 25.2 Å². The number of piperidine rings is 1. The quantitative estimate of drug-likeness (QED) is 0.218. The Morgan fingerprint density at radius 1 is 1.07 bits per heavy atom. The Morgan fingerprint density at radius 2 is 1.83 bits per heavy atom. The number of carbonyl (C=O) groups excluding carboxylic acids is 1. The van der Waals surface area contributed by atoms with Crippen LogP contribution >= 0.6 is 23.2 Å². The van der Waals surface area contributed by atoms with Crippen LogP contribution in [0.25, 0.3) is 11.3 Å². The van der Waals surface area contributed by atoms with Crippen LogP contribution in [0.4, 0.5) is 5.95 Å². The van der Waals surface area contributed by atoms with Crippen molar-refractivity contribution in [2.45, 2.75) is 32.4 Å². The van der Waals surface area contributed by atoms with Gasteiger partial charge < -0.3 is 19.4 Å². The molecule has 1 aliphatic rings. The first kappa shape index (κ1) is 28.8. The van der Waals surface area contributed by atoms with Gasteiger partial charge in [0.15, 0.2) is 5.75 Å². The highest BCUT2D eigenvalue weighted by atomic mass is 35.5. The molecular weight excluding hydrogens is 565 g/mol. The summed E-state index contributed by atoms with van der Waals surface area (Å²) < 4.78 is 12.9. The van der Waals surface area contributed by atoms with Gasteiger partial charge >= 0.3 is 5.97 Å². The van der Waals surface area contributed by atoms with E-state index in [9.17, 15) is 4.79 Å². The Hall–Kier alpha value is -3.73. The van der Waals surface area contributed by atoms with Crippen molar-refractivity contribution in [1.82, 2.24) is 29.4 Å². The maximum atomic E-state index is 11.7. The van der Waals surface area contributed by atoms with Crippen molar-refractivity contribution in [3.8, 4) is 22.9 Å². The van der Waals surface area contributed by atoms with Gasteiger partial charge in [-0.25, -0.2) is 19.9 Å². The predicted molar refractivity (Wildman–Crippen MR) is 157 cm³/mol. The molecule has 0 bridgehead atoms. The van der Waals surface area contributed by atoms with Gasteiger partial charge in [0.05, 0.1) is 31.5 Å². The molecule has 10 nitrogen and oxygen atoms in total. The largest absolute Gasteiger partial charge is 0.469 e.